The van der Waals surface area contributed by atoms with Gasteiger partial charge in [-0.15, -0.1) is 0 Å². The molecule has 35 heavy (non-hydrogen) atoms. The Morgan fingerprint density at radius 1 is 1.09 bits per heavy atom. The van der Waals surface area contributed by atoms with Crippen LogP contribution < -0.4 is 10.6 Å². The van der Waals surface area contributed by atoms with Gasteiger partial charge in [0.05, 0.1) is 12.3 Å². The van der Waals surface area contributed by atoms with Crippen molar-refractivity contribution in [2.45, 2.75) is 51.8 Å². The van der Waals surface area contributed by atoms with Crippen LogP contribution in [0.3, 0.4) is 0 Å². The zero-order valence-corrected chi connectivity index (χ0v) is 20.1. The molecule has 0 aliphatic rings. The number of phenols is 1. The van der Waals surface area contributed by atoms with Crippen molar-refractivity contribution >= 4 is 29.3 Å². The highest BCUT2D eigenvalue weighted by Gasteiger charge is 2.21. The number of unbranched alkanes of at least 4 members (excludes halogenated alkanes) is 1. The van der Waals surface area contributed by atoms with Crippen LogP contribution in [0.4, 0.5) is 10.5 Å². The van der Waals surface area contributed by atoms with E-state index in [0.717, 1.165) is 30.7 Å². The number of anilines is 1. The quantitative estimate of drug-likeness (QED) is 0.270. The first-order chi connectivity index (χ1) is 16.8. The number of imidazole rings is 1. The second-order valence-electron chi connectivity index (χ2n) is 8.17. The normalized spacial score (nSPS) is 11.7. The van der Waals surface area contributed by atoms with E-state index >= 15 is 0 Å². The van der Waals surface area contributed by atoms with Crippen LogP contribution >= 0.6 is 11.6 Å². The SMILES string of the molecule is CCCCc1nc(Cl)c(CO)n1Cc1ccc(NC(=O)C(Cc2ccc(O)cc2)NC(=O)O)cc1. The van der Waals surface area contributed by atoms with Gasteiger partial charge in [-0.1, -0.05) is 49.2 Å². The van der Waals surface area contributed by atoms with Gasteiger partial charge in [0.25, 0.3) is 0 Å². The van der Waals surface area contributed by atoms with Crippen LogP contribution in [0.2, 0.25) is 5.15 Å². The molecule has 1 atom stereocenters. The van der Waals surface area contributed by atoms with Crippen molar-refractivity contribution < 1.29 is 24.9 Å². The first-order valence-corrected chi connectivity index (χ1v) is 11.7. The number of hydrogen-bond donors (Lipinski definition) is 5. The molecule has 0 fully saturated rings. The van der Waals surface area contributed by atoms with Gasteiger partial charge in [0.15, 0.2) is 5.15 Å². The summed E-state index contributed by atoms with van der Waals surface area (Å²) in [5, 5.41) is 33.6. The van der Waals surface area contributed by atoms with Crippen molar-refractivity contribution in [3.8, 4) is 5.75 Å². The van der Waals surface area contributed by atoms with E-state index in [1.165, 1.54) is 12.1 Å². The van der Waals surface area contributed by atoms with E-state index in [0.29, 0.717) is 28.6 Å². The molecule has 0 spiro atoms. The summed E-state index contributed by atoms with van der Waals surface area (Å²) in [6.07, 6.45) is 1.54. The number of aryl methyl sites for hydroxylation is 1. The summed E-state index contributed by atoms with van der Waals surface area (Å²) >= 11 is 6.21. The van der Waals surface area contributed by atoms with Gasteiger partial charge in [-0.2, -0.15) is 0 Å². The Balaban J connectivity index is 1.70. The minimum atomic E-state index is -1.31. The molecule has 10 heteroatoms. The summed E-state index contributed by atoms with van der Waals surface area (Å²) in [5.74, 6) is 0.400. The first kappa shape index (κ1) is 26.1. The van der Waals surface area contributed by atoms with Crippen LogP contribution in [0.25, 0.3) is 0 Å². The van der Waals surface area contributed by atoms with Crippen LogP contribution in [-0.4, -0.2) is 42.9 Å². The van der Waals surface area contributed by atoms with Crippen molar-refractivity contribution in [1.82, 2.24) is 14.9 Å². The molecule has 2 amide bonds. The van der Waals surface area contributed by atoms with Gasteiger partial charge in [0.1, 0.15) is 17.6 Å². The lowest BCUT2D eigenvalue weighted by Crippen LogP contribution is -2.44. The average Bonchev–Trinajstić information content (AvgIpc) is 3.13. The predicted molar refractivity (Wildman–Crippen MR) is 133 cm³/mol. The predicted octanol–water partition coefficient (Wildman–Crippen LogP) is 3.94. The lowest BCUT2D eigenvalue weighted by atomic mass is 10.0. The number of aliphatic hydroxyl groups excluding tert-OH is 1. The molecule has 1 unspecified atom stereocenters. The molecule has 0 saturated carbocycles. The fourth-order valence-electron chi connectivity index (χ4n) is 3.70. The highest BCUT2D eigenvalue weighted by atomic mass is 35.5. The molecule has 0 aliphatic carbocycles. The van der Waals surface area contributed by atoms with Gasteiger partial charge in [-0.05, 0) is 41.8 Å². The maximum atomic E-state index is 12.8. The van der Waals surface area contributed by atoms with Gasteiger partial charge >= 0.3 is 6.09 Å². The van der Waals surface area contributed by atoms with Gasteiger partial charge in [0.2, 0.25) is 5.91 Å². The van der Waals surface area contributed by atoms with E-state index in [-0.39, 0.29) is 18.8 Å². The number of benzene rings is 2. The molecule has 0 saturated heterocycles. The molecule has 5 N–H and O–H groups in total. The second kappa shape index (κ2) is 12.2. The van der Waals surface area contributed by atoms with E-state index in [9.17, 15) is 19.8 Å². The number of carbonyl (C=O) groups is 2. The van der Waals surface area contributed by atoms with Gasteiger partial charge in [0, 0.05) is 25.1 Å². The number of aromatic hydroxyl groups is 1. The number of nitrogens with one attached hydrogen (secondary N) is 2. The van der Waals surface area contributed by atoms with E-state index in [2.05, 4.69) is 22.5 Å². The number of aromatic nitrogens is 2. The molecule has 3 aromatic rings. The highest BCUT2D eigenvalue weighted by Crippen LogP contribution is 2.22. The van der Waals surface area contributed by atoms with Gasteiger partial charge in [-0.25, -0.2) is 9.78 Å². The third kappa shape index (κ3) is 7.21. The molecule has 1 aromatic heterocycles. The molecule has 2 aromatic carbocycles. The molecular formula is C25H29ClN4O5. The Bertz CT molecular complexity index is 1150. The minimum Gasteiger partial charge on any atom is -0.508 e. The number of hydrogen-bond acceptors (Lipinski definition) is 5. The second-order valence-corrected chi connectivity index (χ2v) is 8.53. The van der Waals surface area contributed by atoms with E-state index < -0.39 is 18.0 Å². The number of halogens is 1. The zero-order valence-electron chi connectivity index (χ0n) is 19.4. The topological polar surface area (TPSA) is 137 Å². The van der Waals surface area contributed by atoms with Gasteiger partial charge in [-0.3, -0.25) is 4.79 Å². The maximum Gasteiger partial charge on any atom is 0.405 e. The Morgan fingerprint density at radius 2 is 1.74 bits per heavy atom. The van der Waals surface area contributed by atoms with Crippen LogP contribution in [0.1, 0.15) is 42.4 Å². The van der Waals surface area contributed by atoms with Crippen molar-refractivity contribution in [3.63, 3.8) is 0 Å². The average molecular weight is 501 g/mol. The molecule has 3 rings (SSSR count). The number of amides is 2. The fourth-order valence-corrected chi connectivity index (χ4v) is 3.96. The van der Waals surface area contributed by atoms with Crippen LogP contribution in [-0.2, 0) is 30.8 Å². The molecule has 0 radical (unpaired) electrons. The summed E-state index contributed by atoms with van der Waals surface area (Å²) in [5.41, 5.74) is 2.70. The number of carboxylic acid groups (broad SMARTS) is 1. The largest absolute Gasteiger partial charge is 0.508 e. The maximum absolute atomic E-state index is 12.8. The first-order valence-electron chi connectivity index (χ1n) is 11.3. The highest BCUT2D eigenvalue weighted by molar-refractivity contribution is 6.30. The minimum absolute atomic E-state index is 0.0857. The smallest absolute Gasteiger partial charge is 0.405 e. The zero-order chi connectivity index (χ0) is 25.4. The molecule has 9 nitrogen and oxygen atoms in total. The molecule has 0 aliphatic heterocycles. The third-order valence-corrected chi connectivity index (χ3v) is 5.86. The Morgan fingerprint density at radius 3 is 2.34 bits per heavy atom. The Hall–Kier alpha value is -3.56. The van der Waals surface area contributed by atoms with Crippen molar-refractivity contribution in [2.75, 3.05) is 5.32 Å². The molecule has 186 valence electrons. The monoisotopic (exact) mass is 500 g/mol. The van der Waals surface area contributed by atoms with Crippen LogP contribution in [0.15, 0.2) is 48.5 Å². The number of nitrogens with zero attached hydrogens (tertiary/aromatic N) is 2. The number of aliphatic hydroxyl groups is 1. The lowest BCUT2D eigenvalue weighted by molar-refractivity contribution is -0.118. The summed E-state index contributed by atoms with van der Waals surface area (Å²) in [4.78, 5) is 28.4. The summed E-state index contributed by atoms with van der Waals surface area (Å²) in [7, 11) is 0. The molecule has 0 bridgehead atoms. The lowest BCUT2D eigenvalue weighted by Gasteiger charge is -2.17. The van der Waals surface area contributed by atoms with E-state index in [4.69, 9.17) is 16.7 Å². The standard InChI is InChI=1S/C25H29ClN4O5/c1-2-3-4-22-29-23(26)21(15-31)30(22)14-17-5-9-18(10-6-17)27-24(33)20(28-25(34)35)13-16-7-11-19(32)12-8-16/h5-12,20,28,31-32H,2-4,13-15H2,1H3,(H,27,33)(H,34,35). The Kier molecular flexibility index (Phi) is 9.11. The number of rotatable bonds is 11. The fraction of sp³-hybridized carbons (Fsp3) is 0.320. The van der Waals surface area contributed by atoms with E-state index in [1.54, 1.807) is 24.3 Å². The van der Waals surface area contributed by atoms with Crippen molar-refractivity contribution in [2.24, 2.45) is 0 Å². The molecule has 1 heterocycles. The van der Waals surface area contributed by atoms with Gasteiger partial charge < -0.3 is 30.5 Å². The molecular weight excluding hydrogens is 472 g/mol. The Labute approximate surface area is 208 Å². The van der Waals surface area contributed by atoms with Crippen LogP contribution in [0, 0.1) is 0 Å². The number of carbonyl (C=O) groups excluding carboxylic acids is 1. The number of phenolic OH excluding ortho intramolecular Hbond substituents is 1. The summed E-state index contributed by atoms with van der Waals surface area (Å²) in [6.45, 7) is 2.34. The summed E-state index contributed by atoms with van der Waals surface area (Å²) < 4.78 is 1.91. The third-order valence-electron chi connectivity index (χ3n) is 5.56. The van der Waals surface area contributed by atoms with Crippen molar-refractivity contribution in [1.29, 1.82) is 0 Å². The van der Waals surface area contributed by atoms with Crippen LogP contribution in [0.5, 0.6) is 5.75 Å². The summed E-state index contributed by atoms with van der Waals surface area (Å²) in [6, 6.07) is 12.3. The van der Waals surface area contributed by atoms with E-state index in [1.807, 2.05) is 16.7 Å². The van der Waals surface area contributed by atoms with Crippen molar-refractivity contribution in [3.05, 3.63) is 76.3 Å².